The average molecular weight is 337 g/mol. The molecule has 8 heteroatoms. The summed E-state index contributed by atoms with van der Waals surface area (Å²) >= 11 is 0. The van der Waals surface area contributed by atoms with Crippen molar-refractivity contribution in [2.45, 2.75) is 38.3 Å². The lowest BCUT2D eigenvalue weighted by molar-refractivity contribution is -0.132. The minimum Gasteiger partial charge on any atom is -0.339 e. The van der Waals surface area contributed by atoms with Gasteiger partial charge in [0, 0.05) is 25.4 Å². The molecule has 0 saturated heterocycles. The highest BCUT2D eigenvalue weighted by Gasteiger charge is 2.30. The first-order valence-corrected chi connectivity index (χ1v) is 8.77. The van der Waals surface area contributed by atoms with Crippen LogP contribution in [0.1, 0.15) is 30.4 Å². The highest BCUT2D eigenvalue weighted by atomic mass is 16.2. The van der Waals surface area contributed by atoms with Crippen LogP contribution in [0.2, 0.25) is 0 Å². The van der Waals surface area contributed by atoms with Crippen molar-refractivity contribution in [3.8, 4) is 0 Å². The van der Waals surface area contributed by atoms with Gasteiger partial charge in [-0.3, -0.25) is 4.79 Å². The van der Waals surface area contributed by atoms with Gasteiger partial charge in [-0.25, -0.2) is 9.67 Å². The van der Waals surface area contributed by atoms with Crippen molar-refractivity contribution in [2.75, 3.05) is 13.1 Å². The second kappa shape index (κ2) is 5.65. The van der Waals surface area contributed by atoms with Crippen LogP contribution in [0.4, 0.5) is 0 Å². The Kier molecular flexibility index (Phi) is 3.29. The molecule has 1 aliphatic carbocycles. The van der Waals surface area contributed by atoms with Gasteiger partial charge in [0.1, 0.15) is 23.4 Å². The lowest BCUT2D eigenvalue weighted by Gasteiger charge is -2.19. The highest BCUT2D eigenvalue weighted by molar-refractivity contribution is 5.77. The van der Waals surface area contributed by atoms with Gasteiger partial charge >= 0.3 is 0 Å². The quantitative estimate of drug-likeness (QED) is 0.712. The molecule has 0 bridgehead atoms. The molecule has 3 heterocycles. The Morgan fingerprint density at radius 1 is 1.04 bits per heavy atom. The van der Waals surface area contributed by atoms with E-state index >= 15 is 0 Å². The molecule has 5 rings (SSSR count). The van der Waals surface area contributed by atoms with Gasteiger partial charge in [0.2, 0.25) is 5.91 Å². The van der Waals surface area contributed by atoms with Crippen LogP contribution in [-0.4, -0.2) is 53.7 Å². The summed E-state index contributed by atoms with van der Waals surface area (Å²) in [6, 6.07) is 7.64. The molecule has 8 nitrogen and oxygen atoms in total. The number of hydrogen-bond donors (Lipinski definition) is 0. The lowest BCUT2D eigenvalue weighted by Crippen LogP contribution is -2.36. The topological polar surface area (TPSA) is 81.7 Å². The van der Waals surface area contributed by atoms with E-state index < -0.39 is 0 Å². The molecular formula is C17H19N7O. The minimum atomic E-state index is 0.0356. The Labute approximate surface area is 144 Å². The lowest BCUT2D eigenvalue weighted by atomic mass is 10.3. The molecule has 0 radical (unpaired) electrons. The van der Waals surface area contributed by atoms with Crippen molar-refractivity contribution in [3.63, 3.8) is 0 Å². The van der Waals surface area contributed by atoms with Gasteiger partial charge in [0.25, 0.3) is 0 Å². The summed E-state index contributed by atoms with van der Waals surface area (Å²) in [5, 5.41) is 13.4. The zero-order valence-corrected chi connectivity index (χ0v) is 13.9. The number of carbonyl (C=O) groups excluding carboxylic acids is 1. The average Bonchev–Trinajstić information content (AvgIpc) is 3.31. The molecule has 2 aromatic heterocycles. The van der Waals surface area contributed by atoms with Crippen LogP contribution < -0.4 is 0 Å². The van der Waals surface area contributed by atoms with Crippen molar-refractivity contribution in [1.29, 1.82) is 0 Å². The second-order valence-corrected chi connectivity index (χ2v) is 6.73. The second-order valence-electron chi connectivity index (χ2n) is 6.73. The molecular weight excluding hydrogens is 318 g/mol. The summed E-state index contributed by atoms with van der Waals surface area (Å²) in [6.45, 7) is 2.19. The summed E-state index contributed by atoms with van der Waals surface area (Å²) in [5.41, 5.74) is 1.62. The highest BCUT2D eigenvalue weighted by Crippen LogP contribution is 2.38. The maximum atomic E-state index is 12.6. The number of fused-ring (bicyclic) bond motifs is 2. The summed E-state index contributed by atoms with van der Waals surface area (Å²) < 4.78 is 1.97. The van der Waals surface area contributed by atoms with E-state index in [0.29, 0.717) is 25.6 Å². The molecule has 0 unspecified atom stereocenters. The molecule has 1 fully saturated rings. The van der Waals surface area contributed by atoms with Crippen LogP contribution in [0.15, 0.2) is 24.3 Å². The van der Waals surface area contributed by atoms with Crippen LogP contribution in [-0.2, 0) is 24.3 Å². The van der Waals surface area contributed by atoms with E-state index in [4.69, 9.17) is 0 Å². The number of nitrogens with zero attached hydrogens (tertiary/aromatic N) is 7. The van der Waals surface area contributed by atoms with Gasteiger partial charge in [-0.2, -0.15) is 20.1 Å². The van der Waals surface area contributed by atoms with Gasteiger partial charge < -0.3 is 4.90 Å². The van der Waals surface area contributed by atoms with E-state index in [0.717, 1.165) is 29.1 Å². The molecule has 128 valence electrons. The van der Waals surface area contributed by atoms with Crippen molar-refractivity contribution in [2.24, 2.45) is 0 Å². The number of amides is 1. The minimum absolute atomic E-state index is 0.0356. The number of rotatable bonds is 3. The summed E-state index contributed by atoms with van der Waals surface area (Å²) in [4.78, 5) is 20.6. The van der Waals surface area contributed by atoms with Crippen LogP contribution in [0.25, 0.3) is 11.0 Å². The maximum absolute atomic E-state index is 12.6. The van der Waals surface area contributed by atoms with Crippen LogP contribution >= 0.6 is 0 Å². The Morgan fingerprint density at radius 3 is 2.52 bits per heavy atom. The van der Waals surface area contributed by atoms with Crippen molar-refractivity contribution >= 4 is 16.9 Å². The molecule has 1 saturated carbocycles. The molecule has 0 N–H and O–H groups in total. The standard InChI is InChI=1S/C17H19N7O/c25-16(11-24-19-13-3-1-2-4-14(13)20-24)22-8-7-15-18-17(12-5-6-12)21-23(15)10-9-22/h1-4,12H,5-11H2. The number of benzene rings is 1. The molecule has 25 heavy (non-hydrogen) atoms. The van der Waals surface area contributed by atoms with E-state index in [1.165, 1.54) is 17.6 Å². The number of aromatic nitrogens is 6. The zero-order valence-electron chi connectivity index (χ0n) is 13.9. The monoisotopic (exact) mass is 337 g/mol. The van der Waals surface area contributed by atoms with E-state index in [-0.39, 0.29) is 12.5 Å². The molecule has 3 aromatic rings. The fourth-order valence-corrected chi connectivity index (χ4v) is 3.28. The summed E-state index contributed by atoms with van der Waals surface area (Å²) in [7, 11) is 0. The SMILES string of the molecule is O=C(Cn1nc2ccccc2n1)N1CCc2nc(C3CC3)nn2CC1. The molecule has 1 aliphatic heterocycles. The van der Waals surface area contributed by atoms with E-state index in [9.17, 15) is 4.79 Å². The Hall–Kier alpha value is -2.77. The first kappa shape index (κ1) is 14.6. The molecule has 0 spiro atoms. The fraction of sp³-hybridized carbons (Fsp3) is 0.471. The van der Waals surface area contributed by atoms with Crippen molar-refractivity contribution in [3.05, 3.63) is 35.9 Å². The molecule has 1 aromatic carbocycles. The fourth-order valence-electron chi connectivity index (χ4n) is 3.28. The van der Waals surface area contributed by atoms with Gasteiger partial charge in [-0.15, -0.1) is 0 Å². The predicted molar refractivity (Wildman–Crippen MR) is 89.8 cm³/mol. The first-order valence-electron chi connectivity index (χ1n) is 8.77. The van der Waals surface area contributed by atoms with Gasteiger partial charge in [-0.1, -0.05) is 12.1 Å². The van der Waals surface area contributed by atoms with Gasteiger partial charge in [0.05, 0.1) is 6.54 Å². The third-order valence-electron chi connectivity index (χ3n) is 4.85. The van der Waals surface area contributed by atoms with Gasteiger partial charge in [-0.05, 0) is 25.0 Å². The molecule has 1 amide bonds. The Bertz CT molecular complexity index is 881. The zero-order chi connectivity index (χ0) is 16.8. The largest absolute Gasteiger partial charge is 0.339 e. The first-order chi connectivity index (χ1) is 12.3. The van der Waals surface area contributed by atoms with Crippen LogP contribution in [0.3, 0.4) is 0 Å². The third-order valence-corrected chi connectivity index (χ3v) is 4.85. The van der Waals surface area contributed by atoms with Crippen molar-refractivity contribution < 1.29 is 4.79 Å². The number of carbonyl (C=O) groups is 1. The summed E-state index contributed by atoms with van der Waals surface area (Å²) in [6.07, 6.45) is 3.17. The van der Waals surface area contributed by atoms with Crippen molar-refractivity contribution in [1.82, 2.24) is 34.7 Å². The number of hydrogen-bond acceptors (Lipinski definition) is 5. The Balaban J connectivity index is 1.27. The van der Waals surface area contributed by atoms with Gasteiger partial charge in [0.15, 0.2) is 5.82 Å². The van der Waals surface area contributed by atoms with E-state index in [1.54, 1.807) is 0 Å². The predicted octanol–water partition coefficient (Wildman–Crippen LogP) is 0.985. The molecule has 2 aliphatic rings. The molecule has 0 atom stereocenters. The van der Waals surface area contributed by atoms with E-state index in [2.05, 4.69) is 20.3 Å². The third kappa shape index (κ3) is 2.77. The Morgan fingerprint density at radius 2 is 1.80 bits per heavy atom. The normalized spacial score (nSPS) is 17.5. The smallest absolute Gasteiger partial charge is 0.246 e. The van der Waals surface area contributed by atoms with Crippen LogP contribution in [0.5, 0.6) is 0 Å². The van der Waals surface area contributed by atoms with Crippen LogP contribution in [0, 0.1) is 0 Å². The maximum Gasteiger partial charge on any atom is 0.246 e. The summed E-state index contributed by atoms with van der Waals surface area (Å²) in [5.74, 6) is 2.59. The van der Waals surface area contributed by atoms with E-state index in [1.807, 2.05) is 33.8 Å².